The second-order valence-electron chi connectivity index (χ2n) is 3.24. The van der Waals surface area contributed by atoms with Crippen LogP contribution in [-0.4, -0.2) is 43.8 Å². The van der Waals surface area contributed by atoms with Crippen LogP contribution in [0.1, 0.15) is 11.4 Å². The van der Waals surface area contributed by atoms with Gasteiger partial charge >= 0.3 is 0 Å². The smallest absolute Gasteiger partial charge is 0.121 e. The minimum atomic E-state index is 0.0511. The quantitative estimate of drug-likeness (QED) is 0.697. The second-order valence-corrected chi connectivity index (χ2v) is 3.24. The zero-order chi connectivity index (χ0) is 11.1. The Balaban J connectivity index is 2.23. The molecule has 0 aromatic carbocycles. The van der Waals surface area contributed by atoms with Crippen LogP contribution in [-0.2, 0) is 16.0 Å². The Morgan fingerprint density at radius 2 is 2.20 bits per heavy atom. The summed E-state index contributed by atoms with van der Waals surface area (Å²) < 4.78 is 14.8. The van der Waals surface area contributed by atoms with E-state index in [1.165, 1.54) is 0 Å². The van der Waals surface area contributed by atoms with Crippen LogP contribution in [0.2, 0.25) is 0 Å². The Morgan fingerprint density at radius 1 is 1.40 bits per heavy atom. The molecule has 1 rings (SSSR count). The maximum Gasteiger partial charge on any atom is 0.121 e. The molecule has 0 spiro atoms. The monoisotopic (exact) mass is 215 g/mol. The molecule has 1 unspecified atom stereocenters. The summed E-state index contributed by atoms with van der Waals surface area (Å²) in [5.74, 6) is 0. The molecule has 0 aliphatic rings. The summed E-state index contributed by atoms with van der Waals surface area (Å²) in [6.45, 7) is 3.76. The third kappa shape index (κ3) is 3.94. The Bertz CT molecular complexity index is 277. The molecule has 1 heterocycles. The first-order valence-corrected chi connectivity index (χ1v) is 4.78. The number of aromatic nitrogens is 2. The molecule has 0 aliphatic heterocycles. The summed E-state index contributed by atoms with van der Waals surface area (Å²) in [5.41, 5.74) is 1.63. The zero-order valence-corrected chi connectivity index (χ0v) is 9.32. The highest BCUT2D eigenvalue weighted by Gasteiger charge is 2.08. The molecule has 1 aromatic rings. The van der Waals surface area contributed by atoms with Crippen LogP contribution >= 0.6 is 0 Å². The average molecular weight is 215 g/mol. The number of methoxy groups -OCH3 is 2. The molecule has 0 aliphatic carbocycles. The van der Waals surface area contributed by atoms with Gasteiger partial charge in [0.05, 0.1) is 12.7 Å². The van der Waals surface area contributed by atoms with Crippen molar-refractivity contribution in [2.75, 3.05) is 27.4 Å². The van der Waals surface area contributed by atoms with Gasteiger partial charge in [0.2, 0.25) is 0 Å². The van der Waals surface area contributed by atoms with E-state index in [0.29, 0.717) is 19.7 Å². The first kappa shape index (κ1) is 12.1. The van der Waals surface area contributed by atoms with Gasteiger partial charge in [-0.3, -0.25) is 0 Å². The summed E-state index contributed by atoms with van der Waals surface area (Å²) in [4.78, 5) is 0. The van der Waals surface area contributed by atoms with E-state index in [0.717, 1.165) is 11.4 Å². The topological polar surface area (TPSA) is 69.4 Å². The van der Waals surface area contributed by atoms with Crippen molar-refractivity contribution >= 4 is 0 Å². The summed E-state index contributed by atoms with van der Waals surface area (Å²) in [6, 6.07) is 0. The van der Waals surface area contributed by atoms with Gasteiger partial charge in [-0.25, -0.2) is 4.63 Å². The number of rotatable bonds is 7. The maximum absolute atomic E-state index is 5.19. The van der Waals surface area contributed by atoms with Crippen LogP contribution in [0.15, 0.2) is 4.63 Å². The van der Waals surface area contributed by atoms with Gasteiger partial charge in [-0.05, 0) is 6.92 Å². The fourth-order valence-corrected chi connectivity index (χ4v) is 1.16. The molecular formula is C9H17N3O3. The highest BCUT2D eigenvalue weighted by Crippen LogP contribution is 1.99. The number of ether oxygens (including phenoxy) is 2. The van der Waals surface area contributed by atoms with Crippen LogP contribution < -0.4 is 5.32 Å². The predicted octanol–water partition coefficient (Wildman–Crippen LogP) is 0.129. The van der Waals surface area contributed by atoms with Crippen molar-refractivity contribution in [1.82, 2.24) is 15.6 Å². The van der Waals surface area contributed by atoms with Crippen LogP contribution in [0.5, 0.6) is 0 Å². The molecule has 6 nitrogen and oxygen atoms in total. The van der Waals surface area contributed by atoms with Gasteiger partial charge in [0.15, 0.2) is 0 Å². The van der Waals surface area contributed by atoms with Gasteiger partial charge < -0.3 is 14.8 Å². The first-order chi connectivity index (χ1) is 7.27. The lowest BCUT2D eigenvalue weighted by Gasteiger charge is -2.14. The van der Waals surface area contributed by atoms with E-state index in [2.05, 4.69) is 20.3 Å². The fraction of sp³-hybridized carbons (Fsp3) is 0.778. The molecule has 1 aromatic heterocycles. The second kappa shape index (κ2) is 6.49. The predicted molar refractivity (Wildman–Crippen MR) is 53.4 cm³/mol. The van der Waals surface area contributed by atoms with Gasteiger partial charge in [0.1, 0.15) is 11.4 Å². The van der Waals surface area contributed by atoms with Crippen molar-refractivity contribution in [2.45, 2.75) is 19.6 Å². The van der Waals surface area contributed by atoms with Crippen molar-refractivity contribution in [3.05, 3.63) is 11.4 Å². The number of nitrogens with zero attached hydrogens (tertiary/aromatic N) is 2. The Hall–Kier alpha value is -0.980. The minimum Gasteiger partial charge on any atom is -0.382 e. The lowest BCUT2D eigenvalue weighted by molar-refractivity contribution is 0.0287. The molecule has 86 valence electrons. The summed E-state index contributed by atoms with van der Waals surface area (Å²) in [6.07, 6.45) is 0.0511. The van der Waals surface area contributed by atoms with Gasteiger partial charge in [-0.15, -0.1) is 0 Å². The minimum absolute atomic E-state index is 0.0511. The van der Waals surface area contributed by atoms with E-state index in [1.807, 2.05) is 6.92 Å². The van der Waals surface area contributed by atoms with E-state index in [4.69, 9.17) is 9.47 Å². The van der Waals surface area contributed by atoms with Crippen molar-refractivity contribution in [1.29, 1.82) is 0 Å². The molecule has 0 saturated heterocycles. The molecule has 15 heavy (non-hydrogen) atoms. The van der Waals surface area contributed by atoms with E-state index in [9.17, 15) is 0 Å². The fourth-order valence-electron chi connectivity index (χ4n) is 1.16. The largest absolute Gasteiger partial charge is 0.382 e. The number of hydrogen-bond acceptors (Lipinski definition) is 6. The molecule has 1 atom stereocenters. The molecule has 0 fully saturated rings. The normalized spacial score (nSPS) is 13.0. The maximum atomic E-state index is 5.19. The van der Waals surface area contributed by atoms with Crippen molar-refractivity contribution in [3.8, 4) is 0 Å². The van der Waals surface area contributed by atoms with Gasteiger partial charge in [-0.1, -0.05) is 10.3 Å². The van der Waals surface area contributed by atoms with Crippen LogP contribution in [0.25, 0.3) is 0 Å². The van der Waals surface area contributed by atoms with E-state index in [1.54, 1.807) is 14.2 Å². The van der Waals surface area contributed by atoms with E-state index in [-0.39, 0.29) is 6.10 Å². The molecule has 0 bridgehead atoms. The molecule has 6 heteroatoms. The average Bonchev–Trinajstić information content (AvgIpc) is 2.63. The SMILES string of the molecule is COCC(CNCc1nonc1C)OC. The van der Waals surface area contributed by atoms with Gasteiger partial charge in [-0.2, -0.15) is 0 Å². The molecular weight excluding hydrogens is 198 g/mol. The molecule has 0 radical (unpaired) electrons. The lowest BCUT2D eigenvalue weighted by atomic mass is 10.3. The third-order valence-corrected chi connectivity index (χ3v) is 2.10. The zero-order valence-electron chi connectivity index (χ0n) is 9.32. The highest BCUT2D eigenvalue weighted by atomic mass is 16.6. The summed E-state index contributed by atoms with van der Waals surface area (Å²) >= 11 is 0. The van der Waals surface area contributed by atoms with Crippen molar-refractivity contribution < 1.29 is 14.1 Å². The van der Waals surface area contributed by atoms with E-state index < -0.39 is 0 Å². The van der Waals surface area contributed by atoms with Crippen LogP contribution in [0.3, 0.4) is 0 Å². The van der Waals surface area contributed by atoms with Crippen molar-refractivity contribution in [3.63, 3.8) is 0 Å². The van der Waals surface area contributed by atoms with Crippen LogP contribution in [0.4, 0.5) is 0 Å². The van der Waals surface area contributed by atoms with Gasteiger partial charge in [0, 0.05) is 27.3 Å². The number of aryl methyl sites for hydroxylation is 1. The Kier molecular flexibility index (Phi) is 5.23. The molecule has 0 amide bonds. The summed E-state index contributed by atoms with van der Waals surface area (Å²) in [5, 5.41) is 10.6. The summed E-state index contributed by atoms with van der Waals surface area (Å²) in [7, 11) is 3.31. The van der Waals surface area contributed by atoms with E-state index >= 15 is 0 Å². The van der Waals surface area contributed by atoms with Crippen molar-refractivity contribution in [2.24, 2.45) is 0 Å². The molecule has 0 saturated carbocycles. The Morgan fingerprint density at radius 3 is 2.73 bits per heavy atom. The standard InChI is InChI=1S/C9H17N3O3/c1-7-9(12-15-11-7)5-10-4-8(14-3)6-13-2/h8,10H,4-6H2,1-3H3. The number of hydrogen-bond donors (Lipinski definition) is 1. The Labute approximate surface area is 88.9 Å². The lowest BCUT2D eigenvalue weighted by Crippen LogP contribution is -2.31. The highest BCUT2D eigenvalue weighted by molar-refractivity contribution is 5.03. The third-order valence-electron chi connectivity index (χ3n) is 2.10. The van der Waals surface area contributed by atoms with Crippen LogP contribution in [0, 0.1) is 6.92 Å². The number of nitrogens with one attached hydrogen (secondary N) is 1. The van der Waals surface area contributed by atoms with Gasteiger partial charge in [0.25, 0.3) is 0 Å². The molecule has 1 N–H and O–H groups in total. The first-order valence-electron chi connectivity index (χ1n) is 4.78.